The molecule has 4 nitrogen and oxygen atoms in total. The summed E-state index contributed by atoms with van der Waals surface area (Å²) in [5, 5.41) is 9.84. The number of isocyanates is 1. The molecule has 90 valence electrons. The minimum Gasteiger partial charge on any atom is -0.497 e. The summed E-state index contributed by atoms with van der Waals surface area (Å²) in [5.41, 5.74) is -0.518. The molecule has 1 aromatic rings. The van der Waals surface area contributed by atoms with Crippen LogP contribution in [0.5, 0.6) is 5.75 Å². The predicted octanol–water partition coefficient (Wildman–Crippen LogP) is 1.77. The Morgan fingerprint density at radius 2 is 2.18 bits per heavy atom. The molecule has 1 aliphatic carbocycles. The minimum absolute atomic E-state index is 0.433. The van der Waals surface area contributed by atoms with Crippen LogP contribution in [0.1, 0.15) is 25.3 Å². The standard InChI is InChI=1S/C13H15NO3/c1-12(16)7-13(8-12,14-9-15)10-4-3-5-11(6-10)17-2/h3-6,16H,7-8H2,1-2H3. The number of methoxy groups -OCH3 is 1. The molecule has 1 fully saturated rings. The number of benzene rings is 1. The van der Waals surface area contributed by atoms with Crippen LogP contribution < -0.4 is 4.74 Å². The van der Waals surface area contributed by atoms with Crippen molar-refractivity contribution in [1.29, 1.82) is 0 Å². The fourth-order valence-corrected chi connectivity index (χ4v) is 2.56. The topological polar surface area (TPSA) is 58.9 Å². The number of nitrogens with zero attached hydrogens (tertiary/aromatic N) is 1. The molecule has 2 rings (SSSR count). The lowest BCUT2D eigenvalue weighted by molar-refractivity contribution is -0.0727. The molecule has 0 aromatic heterocycles. The van der Waals surface area contributed by atoms with E-state index in [1.807, 2.05) is 24.3 Å². The molecule has 0 amide bonds. The van der Waals surface area contributed by atoms with Gasteiger partial charge in [-0.2, -0.15) is 4.99 Å². The summed E-state index contributed by atoms with van der Waals surface area (Å²) in [6.45, 7) is 1.74. The molecule has 0 heterocycles. The van der Waals surface area contributed by atoms with Gasteiger partial charge in [-0.05, 0) is 24.6 Å². The van der Waals surface area contributed by atoms with Gasteiger partial charge in [-0.25, -0.2) is 4.79 Å². The maximum Gasteiger partial charge on any atom is 0.235 e. The molecule has 1 N–H and O–H groups in total. The summed E-state index contributed by atoms with van der Waals surface area (Å²) >= 11 is 0. The average Bonchev–Trinajstić information content (AvgIpc) is 2.27. The molecule has 1 saturated carbocycles. The van der Waals surface area contributed by atoms with Crippen LogP contribution in [0.3, 0.4) is 0 Å². The summed E-state index contributed by atoms with van der Waals surface area (Å²) in [4.78, 5) is 14.4. The van der Waals surface area contributed by atoms with Crippen molar-refractivity contribution in [2.45, 2.75) is 30.9 Å². The Morgan fingerprint density at radius 1 is 1.47 bits per heavy atom. The van der Waals surface area contributed by atoms with Gasteiger partial charge >= 0.3 is 0 Å². The van der Waals surface area contributed by atoms with E-state index in [0.29, 0.717) is 12.8 Å². The normalized spacial score (nSPS) is 31.2. The van der Waals surface area contributed by atoms with Gasteiger partial charge in [0.25, 0.3) is 0 Å². The molecule has 0 spiro atoms. The Morgan fingerprint density at radius 3 is 2.71 bits per heavy atom. The van der Waals surface area contributed by atoms with Crippen molar-refractivity contribution in [3.05, 3.63) is 29.8 Å². The van der Waals surface area contributed by atoms with Gasteiger partial charge in [0, 0.05) is 12.8 Å². The Kier molecular flexibility index (Phi) is 2.77. The molecular weight excluding hydrogens is 218 g/mol. The van der Waals surface area contributed by atoms with E-state index in [0.717, 1.165) is 11.3 Å². The van der Waals surface area contributed by atoms with Crippen molar-refractivity contribution >= 4 is 6.08 Å². The molecule has 0 aliphatic heterocycles. The minimum atomic E-state index is -0.760. The Hall–Kier alpha value is -1.64. The quantitative estimate of drug-likeness (QED) is 0.639. The van der Waals surface area contributed by atoms with E-state index >= 15 is 0 Å². The van der Waals surface area contributed by atoms with Crippen molar-refractivity contribution < 1.29 is 14.6 Å². The third kappa shape index (κ3) is 2.09. The van der Waals surface area contributed by atoms with Crippen LogP contribution in [0.15, 0.2) is 29.3 Å². The third-order valence-electron chi connectivity index (χ3n) is 3.21. The number of hydrogen-bond acceptors (Lipinski definition) is 4. The van der Waals surface area contributed by atoms with E-state index in [1.165, 1.54) is 0 Å². The molecule has 0 atom stereocenters. The fourth-order valence-electron chi connectivity index (χ4n) is 2.56. The van der Waals surface area contributed by atoms with E-state index in [4.69, 9.17) is 4.74 Å². The van der Waals surface area contributed by atoms with E-state index in [1.54, 1.807) is 20.1 Å². The average molecular weight is 233 g/mol. The van der Waals surface area contributed by atoms with Gasteiger partial charge < -0.3 is 9.84 Å². The molecule has 0 unspecified atom stereocenters. The summed E-state index contributed by atoms with van der Waals surface area (Å²) < 4.78 is 5.15. The van der Waals surface area contributed by atoms with Crippen LogP contribution in [0, 0.1) is 0 Å². The van der Waals surface area contributed by atoms with Crippen molar-refractivity contribution in [1.82, 2.24) is 0 Å². The monoisotopic (exact) mass is 233 g/mol. The van der Waals surface area contributed by atoms with Crippen LogP contribution in [-0.2, 0) is 10.3 Å². The second kappa shape index (κ2) is 3.99. The Balaban J connectivity index is 2.38. The van der Waals surface area contributed by atoms with Crippen LogP contribution in [0.25, 0.3) is 0 Å². The van der Waals surface area contributed by atoms with Crippen LogP contribution in [0.2, 0.25) is 0 Å². The largest absolute Gasteiger partial charge is 0.497 e. The summed E-state index contributed by atoms with van der Waals surface area (Å²) in [5.74, 6) is 0.717. The van der Waals surface area contributed by atoms with Crippen LogP contribution in [-0.4, -0.2) is 23.9 Å². The van der Waals surface area contributed by atoms with Gasteiger partial charge in [-0.3, -0.25) is 0 Å². The first kappa shape index (κ1) is 11.8. The molecule has 1 aromatic carbocycles. The highest BCUT2D eigenvalue weighted by molar-refractivity contribution is 5.43. The number of rotatable bonds is 3. The SMILES string of the molecule is COc1cccc(C2(N=C=O)CC(C)(O)C2)c1. The van der Waals surface area contributed by atoms with E-state index < -0.39 is 11.1 Å². The lowest BCUT2D eigenvalue weighted by Crippen LogP contribution is -2.51. The predicted molar refractivity (Wildman–Crippen MR) is 62.7 cm³/mol. The van der Waals surface area contributed by atoms with Crippen molar-refractivity contribution in [3.8, 4) is 5.75 Å². The van der Waals surface area contributed by atoms with Gasteiger partial charge in [-0.1, -0.05) is 12.1 Å². The Labute approximate surface area is 99.9 Å². The zero-order chi connectivity index (χ0) is 12.5. The summed E-state index contributed by atoms with van der Waals surface area (Å²) in [7, 11) is 1.59. The lowest BCUT2D eigenvalue weighted by Gasteiger charge is -2.48. The van der Waals surface area contributed by atoms with Gasteiger partial charge in [0.2, 0.25) is 6.08 Å². The highest BCUT2D eigenvalue weighted by Crippen LogP contribution is 2.51. The first-order valence-electron chi connectivity index (χ1n) is 5.47. The number of aliphatic imine (C=N–C) groups is 1. The van der Waals surface area contributed by atoms with Crippen LogP contribution in [0.4, 0.5) is 0 Å². The van der Waals surface area contributed by atoms with Crippen molar-refractivity contribution in [3.63, 3.8) is 0 Å². The number of hydrogen-bond donors (Lipinski definition) is 1. The molecule has 0 bridgehead atoms. The molecule has 0 radical (unpaired) electrons. The van der Waals surface area contributed by atoms with Gasteiger partial charge in [0.05, 0.1) is 12.7 Å². The maximum atomic E-state index is 10.5. The van der Waals surface area contributed by atoms with E-state index in [2.05, 4.69) is 4.99 Å². The fraction of sp³-hybridized carbons (Fsp3) is 0.462. The first-order valence-corrected chi connectivity index (χ1v) is 5.47. The van der Waals surface area contributed by atoms with Gasteiger partial charge in [-0.15, -0.1) is 0 Å². The first-order chi connectivity index (χ1) is 8.01. The van der Waals surface area contributed by atoms with Gasteiger partial charge in [0.15, 0.2) is 0 Å². The molecule has 17 heavy (non-hydrogen) atoms. The third-order valence-corrected chi connectivity index (χ3v) is 3.21. The smallest absolute Gasteiger partial charge is 0.235 e. The molecular formula is C13H15NO3. The van der Waals surface area contributed by atoms with Gasteiger partial charge in [0.1, 0.15) is 11.3 Å². The zero-order valence-electron chi connectivity index (χ0n) is 9.93. The van der Waals surface area contributed by atoms with Crippen molar-refractivity contribution in [2.24, 2.45) is 4.99 Å². The van der Waals surface area contributed by atoms with Crippen molar-refractivity contribution in [2.75, 3.05) is 7.11 Å². The Bertz CT molecular complexity index is 467. The highest BCUT2D eigenvalue weighted by Gasteiger charge is 2.52. The number of carbonyl (C=O) groups excluding carboxylic acids is 1. The highest BCUT2D eigenvalue weighted by atomic mass is 16.5. The lowest BCUT2D eigenvalue weighted by atomic mass is 9.63. The summed E-state index contributed by atoms with van der Waals surface area (Å²) in [6, 6.07) is 7.41. The maximum absolute atomic E-state index is 10.5. The van der Waals surface area contributed by atoms with Crippen LogP contribution >= 0.6 is 0 Å². The second-order valence-corrected chi connectivity index (χ2v) is 4.82. The zero-order valence-corrected chi connectivity index (χ0v) is 9.93. The molecule has 1 aliphatic rings. The molecule has 4 heteroatoms. The molecule has 0 saturated heterocycles. The number of ether oxygens (including phenoxy) is 1. The second-order valence-electron chi connectivity index (χ2n) is 4.82. The van der Waals surface area contributed by atoms with E-state index in [-0.39, 0.29) is 0 Å². The summed E-state index contributed by atoms with van der Waals surface area (Å²) in [6.07, 6.45) is 2.47. The van der Waals surface area contributed by atoms with E-state index in [9.17, 15) is 9.90 Å². The number of aliphatic hydroxyl groups is 1.